The SMILES string of the molecule is CC1(C)CN(P=N)C1. The van der Waals surface area contributed by atoms with Gasteiger partial charge in [0.15, 0.2) is 0 Å². The van der Waals surface area contributed by atoms with Crippen molar-refractivity contribution in [2.75, 3.05) is 13.1 Å². The highest BCUT2D eigenvalue weighted by molar-refractivity contribution is 7.22. The highest BCUT2D eigenvalue weighted by atomic mass is 31.1. The third kappa shape index (κ3) is 1.07. The van der Waals surface area contributed by atoms with Crippen LogP contribution in [0.2, 0.25) is 0 Å². The molecule has 0 spiro atoms. The summed E-state index contributed by atoms with van der Waals surface area (Å²) in [5.74, 6) is 0. The van der Waals surface area contributed by atoms with Crippen LogP contribution < -0.4 is 0 Å². The molecule has 1 fully saturated rings. The zero-order chi connectivity index (χ0) is 6.20. The molecule has 0 aromatic carbocycles. The second-order valence-corrected chi connectivity index (χ2v) is 3.85. The zero-order valence-corrected chi connectivity index (χ0v) is 6.20. The maximum Gasteiger partial charge on any atom is 0.0903 e. The molecule has 0 aromatic rings. The molecular weight excluding hydrogens is 119 g/mol. The van der Waals surface area contributed by atoms with Crippen molar-refractivity contribution in [2.24, 2.45) is 5.41 Å². The van der Waals surface area contributed by atoms with Crippen LogP contribution in [0.4, 0.5) is 0 Å². The second kappa shape index (κ2) is 1.78. The van der Waals surface area contributed by atoms with Gasteiger partial charge in [-0.3, -0.25) is 5.16 Å². The molecule has 0 aliphatic carbocycles. The molecular formula is C5H11N2P. The van der Waals surface area contributed by atoms with Gasteiger partial charge < -0.3 is 0 Å². The van der Waals surface area contributed by atoms with Crippen LogP contribution in [-0.2, 0) is 0 Å². The number of nitrogens with one attached hydrogen (secondary N) is 1. The summed E-state index contributed by atoms with van der Waals surface area (Å²) < 4.78 is 2.10. The maximum atomic E-state index is 6.93. The van der Waals surface area contributed by atoms with E-state index in [1.54, 1.807) is 0 Å². The smallest absolute Gasteiger partial charge is 0.0903 e. The molecule has 1 rings (SSSR count). The second-order valence-electron chi connectivity index (χ2n) is 3.09. The van der Waals surface area contributed by atoms with Gasteiger partial charge in [0.1, 0.15) is 0 Å². The summed E-state index contributed by atoms with van der Waals surface area (Å²) >= 11 is 0. The number of nitrogens with zero attached hydrogens (tertiary/aromatic N) is 1. The van der Waals surface area contributed by atoms with Gasteiger partial charge in [-0.25, -0.2) is 4.67 Å². The van der Waals surface area contributed by atoms with Crippen LogP contribution in [0.1, 0.15) is 13.8 Å². The van der Waals surface area contributed by atoms with Crippen molar-refractivity contribution in [3.8, 4) is 0 Å². The Hall–Kier alpha value is 0.0600. The molecule has 3 heteroatoms. The molecule has 46 valence electrons. The van der Waals surface area contributed by atoms with Crippen molar-refractivity contribution < 1.29 is 0 Å². The van der Waals surface area contributed by atoms with Crippen LogP contribution >= 0.6 is 8.52 Å². The van der Waals surface area contributed by atoms with Crippen molar-refractivity contribution in [3.05, 3.63) is 0 Å². The van der Waals surface area contributed by atoms with E-state index in [2.05, 4.69) is 18.5 Å². The van der Waals surface area contributed by atoms with Gasteiger partial charge in [-0.05, 0) is 5.41 Å². The molecule has 8 heavy (non-hydrogen) atoms. The summed E-state index contributed by atoms with van der Waals surface area (Å²) in [6, 6.07) is 0. The Bertz CT molecular complexity index is 103. The van der Waals surface area contributed by atoms with Crippen LogP contribution in [0.25, 0.3) is 0 Å². The van der Waals surface area contributed by atoms with Gasteiger partial charge in [-0.1, -0.05) is 13.8 Å². The predicted molar refractivity (Wildman–Crippen MR) is 35.0 cm³/mol. The molecule has 0 aromatic heterocycles. The molecule has 1 saturated heterocycles. The van der Waals surface area contributed by atoms with Gasteiger partial charge in [-0.2, -0.15) is 0 Å². The zero-order valence-electron chi connectivity index (χ0n) is 5.31. The van der Waals surface area contributed by atoms with Crippen LogP contribution in [0.3, 0.4) is 0 Å². The van der Waals surface area contributed by atoms with Crippen molar-refractivity contribution >= 4 is 8.52 Å². The fraction of sp³-hybridized carbons (Fsp3) is 1.00. The van der Waals surface area contributed by atoms with E-state index < -0.39 is 0 Å². The standard InChI is InChI=1S/C5H11N2P/c1-5(2)3-7(4-5)8-6/h6H,3-4H2,1-2H3. The molecule has 1 N–H and O–H groups in total. The first-order valence-corrected chi connectivity index (χ1v) is 3.61. The van der Waals surface area contributed by atoms with Gasteiger partial charge in [0, 0.05) is 13.1 Å². The van der Waals surface area contributed by atoms with E-state index in [1.807, 2.05) is 0 Å². The van der Waals surface area contributed by atoms with Gasteiger partial charge in [0.05, 0.1) is 8.52 Å². The summed E-state index contributed by atoms with van der Waals surface area (Å²) in [6.07, 6.45) is 0. The molecule has 1 aliphatic rings. The summed E-state index contributed by atoms with van der Waals surface area (Å²) in [6.45, 7) is 6.65. The average molecular weight is 130 g/mol. The average Bonchev–Trinajstić information content (AvgIpc) is 1.60. The van der Waals surface area contributed by atoms with E-state index in [9.17, 15) is 0 Å². The number of rotatable bonds is 1. The van der Waals surface area contributed by atoms with Crippen molar-refractivity contribution in [1.82, 2.24) is 4.67 Å². The van der Waals surface area contributed by atoms with Crippen molar-refractivity contribution in [3.63, 3.8) is 0 Å². The lowest BCUT2D eigenvalue weighted by Gasteiger charge is -2.42. The first kappa shape index (κ1) is 6.18. The summed E-state index contributed by atoms with van der Waals surface area (Å²) in [5.41, 5.74) is 0.494. The molecule has 2 nitrogen and oxygen atoms in total. The van der Waals surface area contributed by atoms with Gasteiger partial charge in [-0.15, -0.1) is 0 Å². The Labute approximate surface area is 51.6 Å². The minimum Gasteiger partial charge on any atom is -0.269 e. The summed E-state index contributed by atoms with van der Waals surface area (Å²) in [4.78, 5) is 0. The van der Waals surface area contributed by atoms with Crippen molar-refractivity contribution in [2.45, 2.75) is 13.8 Å². The Kier molecular flexibility index (Phi) is 1.38. The Morgan fingerprint density at radius 3 is 2.12 bits per heavy atom. The van der Waals surface area contributed by atoms with Crippen LogP contribution in [0.15, 0.2) is 0 Å². The first-order valence-electron chi connectivity index (χ1n) is 2.76. The highest BCUT2D eigenvalue weighted by Crippen LogP contribution is 2.32. The monoisotopic (exact) mass is 130 g/mol. The highest BCUT2D eigenvalue weighted by Gasteiger charge is 2.33. The van der Waals surface area contributed by atoms with Crippen LogP contribution in [0, 0.1) is 10.6 Å². The number of hydrogen-bond donors (Lipinski definition) is 1. The van der Waals surface area contributed by atoms with E-state index in [0.717, 1.165) is 13.1 Å². The van der Waals surface area contributed by atoms with Crippen molar-refractivity contribution in [1.29, 1.82) is 5.16 Å². The van der Waals surface area contributed by atoms with Crippen LogP contribution in [-0.4, -0.2) is 17.8 Å². The molecule has 0 saturated carbocycles. The molecule has 0 bridgehead atoms. The molecule has 0 radical (unpaired) electrons. The first-order chi connectivity index (χ1) is 3.64. The van der Waals surface area contributed by atoms with E-state index in [0.29, 0.717) is 13.9 Å². The fourth-order valence-corrected chi connectivity index (χ4v) is 1.92. The van der Waals surface area contributed by atoms with Gasteiger partial charge in [0.2, 0.25) is 0 Å². The molecule has 1 aliphatic heterocycles. The van der Waals surface area contributed by atoms with Gasteiger partial charge >= 0.3 is 0 Å². The summed E-state index contributed by atoms with van der Waals surface area (Å²) in [7, 11) is 0.683. The Balaban J connectivity index is 2.31. The topological polar surface area (TPSA) is 27.1 Å². The normalized spacial score (nSPS) is 27.8. The molecule has 0 amide bonds. The minimum absolute atomic E-state index is 0.494. The minimum atomic E-state index is 0.494. The third-order valence-electron chi connectivity index (χ3n) is 1.36. The van der Waals surface area contributed by atoms with Gasteiger partial charge in [0.25, 0.3) is 0 Å². The lowest BCUT2D eigenvalue weighted by atomic mass is 9.87. The molecule has 1 heterocycles. The van der Waals surface area contributed by atoms with E-state index >= 15 is 0 Å². The summed E-state index contributed by atoms with van der Waals surface area (Å²) in [5, 5.41) is 6.93. The molecule has 0 unspecified atom stereocenters. The number of hydrogen-bond acceptors (Lipinski definition) is 1. The largest absolute Gasteiger partial charge is 0.269 e. The molecule has 0 atom stereocenters. The van der Waals surface area contributed by atoms with E-state index in [-0.39, 0.29) is 0 Å². The third-order valence-corrected chi connectivity index (χ3v) is 1.93. The van der Waals surface area contributed by atoms with E-state index in [1.165, 1.54) is 0 Å². The Morgan fingerprint density at radius 1 is 1.50 bits per heavy atom. The van der Waals surface area contributed by atoms with Crippen LogP contribution in [0.5, 0.6) is 0 Å². The maximum absolute atomic E-state index is 6.93. The quantitative estimate of drug-likeness (QED) is 0.539. The Morgan fingerprint density at radius 2 is 2.00 bits per heavy atom. The lowest BCUT2D eigenvalue weighted by Crippen LogP contribution is -2.47. The lowest BCUT2D eigenvalue weighted by molar-refractivity contribution is 0.121. The van der Waals surface area contributed by atoms with E-state index in [4.69, 9.17) is 5.16 Å². The predicted octanol–water partition coefficient (Wildman–Crippen LogP) is 1.95. The fourth-order valence-electron chi connectivity index (χ4n) is 1.01.